The van der Waals surface area contributed by atoms with E-state index in [4.69, 9.17) is 0 Å². The molecule has 0 radical (unpaired) electrons. The predicted octanol–water partition coefficient (Wildman–Crippen LogP) is 4.19. The van der Waals surface area contributed by atoms with Crippen molar-refractivity contribution in [3.63, 3.8) is 0 Å². The average Bonchev–Trinajstić information content (AvgIpc) is 3.15. The van der Waals surface area contributed by atoms with Crippen molar-refractivity contribution in [2.45, 2.75) is 38.1 Å². The molecular formula is C20H22N2O3. The average molecular weight is 338 g/mol. The van der Waals surface area contributed by atoms with Crippen molar-refractivity contribution in [3.05, 3.63) is 75.8 Å². The molecule has 2 aromatic carbocycles. The number of carbonyl (C=O) groups is 1. The third kappa shape index (κ3) is 4.24. The highest BCUT2D eigenvalue weighted by molar-refractivity contribution is 5.80. The number of nitro groups is 1. The molecule has 1 aliphatic carbocycles. The zero-order valence-electron chi connectivity index (χ0n) is 14.1. The number of benzene rings is 2. The van der Waals surface area contributed by atoms with Gasteiger partial charge < -0.3 is 5.32 Å². The van der Waals surface area contributed by atoms with E-state index in [1.807, 2.05) is 30.3 Å². The Kier molecular flexibility index (Phi) is 5.43. The van der Waals surface area contributed by atoms with E-state index in [1.54, 1.807) is 18.2 Å². The summed E-state index contributed by atoms with van der Waals surface area (Å²) in [6.07, 6.45) is 4.60. The second-order valence-electron chi connectivity index (χ2n) is 6.56. The van der Waals surface area contributed by atoms with Gasteiger partial charge >= 0.3 is 0 Å². The molecule has 1 unspecified atom stereocenters. The van der Waals surface area contributed by atoms with Crippen molar-refractivity contribution < 1.29 is 9.72 Å². The van der Waals surface area contributed by atoms with E-state index in [1.165, 1.54) is 18.9 Å². The third-order valence-electron chi connectivity index (χ3n) is 4.89. The summed E-state index contributed by atoms with van der Waals surface area (Å²) >= 11 is 0. The Labute approximate surface area is 147 Å². The Morgan fingerprint density at radius 2 is 1.72 bits per heavy atom. The van der Waals surface area contributed by atoms with Gasteiger partial charge in [0.05, 0.1) is 17.4 Å². The number of nitro benzene ring substituents is 1. The highest BCUT2D eigenvalue weighted by atomic mass is 16.6. The van der Waals surface area contributed by atoms with E-state index >= 15 is 0 Å². The summed E-state index contributed by atoms with van der Waals surface area (Å²) in [6.45, 7) is 0. The van der Waals surface area contributed by atoms with Gasteiger partial charge in [-0.05, 0) is 24.3 Å². The Hall–Kier alpha value is -2.69. The second-order valence-corrected chi connectivity index (χ2v) is 6.56. The van der Waals surface area contributed by atoms with Gasteiger partial charge in [0.25, 0.3) is 5.69 Å². The van der Waals surface area contributed by atoms with Crippen molar-refractivity contribution in [1.29, 1.82) is 0 Å². The van der Waals surface area contributed by atoms with Gasteiger partial charge in [0.1, 0.15) is 0 Å². The van der Waals surface area contributed by atoms with Crippen LogP contribution in [-0.4, -0.2) is 10.8 Å². The monoisotopic (exact) mass is 338 g/mol. The van der Waals surface area contributed by atoms with Crippen LogP contribution in [0.2, 0.25) is 0 Å². The van der Waals surface area contributed by atoms with E-state index in [2.05, 4.69) is 5.32 Å². The van der Waals surface area contributed by atoms with Crippen LogP contribution in [0.1, 0.15) is 42.9 Å². The number of nitrogens with zero attached hydrogens (tertiary/aromatic N) is 1. The van der Waals surface area contributed by atoms with Gasteiger partial charge in [-0.25, -0.2) is 0 Å². The number of hydrogen-bond donors (Lipinski definition) is 1. The minimum atomic E-state index is -0.436. The number of nitrogens with one attached hydrogen (secondary N) is 1. The lowest BCUT2D eigenvalue weighted by Gasteiger charge is -2.25. The molecule has 5 nitrogen and oxygen atoms in total. The largest absolute Gasteiger partial charge is 0.349 e. The quantitative estimate of drug-likeness (QED) is 0.634. The molecule has 25 heavy (non-hydrogen) atoms. The van der Waals surface area contributed by atoms with Gasteiger partial charge in [0.15, 0.2) is 0 Å². The molecule has 5 heteroatoms. The molecule has 1 aliphatic rings. The Morgan fingerprint density at radius 3 is 2.40 bits per heavy atom. The first-order valence-corrected chi connectivity index (χ1v) is 8.72. The number of rotatable bonds is 6. The smallest absolute Gasteiger partial charge is 0.273 e. The lowest BCUT2D eigenvalue weighted by molar-refractivity contribution is -0.385. The summed E-state index contributed by atoms with van der Waals surface area (Å²) in [5.74, 6) is 0.257. The summed E-state index contributed by atoms with van der Waals surface area (Å²) < 4.78 is 0. The zero-order valence-corrected chi connectivity index (χ0v) is 14.1. The van der Waals surface area contributed by atoms with Crippen molar-refractivity contribution in [2.24, 2.45) is 5.92 Å². The number of carbonyl (C=O) groups excluding carboxylic acids is 1. The van der Waals surface area contributed by atoms with Crippen LogP contribution >= 0.6 is 0 Å². The van der Waals surface area contributed by atoms with Gasteiger partial charge in [-0.15, -0.1) is 0 Å². The Balaban J connectivity index is 1.76. The van der Waals surface area contributed by atoms with Crippen LogP contribution in [0.15, 0.2) is 54.6 Å². The van der Waals surface area contributed by atoms with Gasteiger partial charge in [-0.1, -0.05) is 61.4 Å². The van der Waals surface area contributed by atoms with Gasteiger partial charge in [-0.2, -0.15) is 0 Å². The summed E-state index contributed by atoms with van der Waals surface area (Å²) in [4.78, 5) is 23.3. The summed E-state index contributed by atoms with van der Waals surface area (Å²) in [6, 6.07) is 16.4. The molecule has 1 saturated carbocycles. The van der Waals surface area contributed by atoms with E-state index in [-0.39, 0.29) is 24.1 Å². The molecule has 1 amide bonds. The summed E-state index contributed by atoms with van der Waals surface area (Å²) in [7, 11) is 0. The highest BCUT2D eigenvalue weighted by Crippen LogP contribution is 2.35. The molecule has 0 saturated heterocycles. The summed E-state index contributed by atoms with van der Waals surface area (Å²) in [5, 5.41) is 14.3. The number of amides is 1. The fraction of sp³-hybridized carbons (Fsp3) is 0.350. The molecule has 0 aliphatic heterocycles. The standard InChI is InChI=1S/C20H22N2O3/c23-19(14-17-12-6-7-13-18(17)22(24)25)21-20(16-10-4-5-11-16)15-8-2-1-3-9-15/h1-3,6-9,12-13,16,20H,4-5,10-11,14H2,(H,21,23). The van der Waals surface area contributed by atoms with E-state index in [0.717, 1.165) is 18.4 Å². The van der Waals surface area contributed by atoms with Crippen LogP contribution in [0, 0.1) is 16.0 Å². The van der Waals surface area contributed by atoms with E-state index in [0.29, 0.717) is 11.5 Å². The molecule has 1 N–H and O–H groups in total. The first-order valence-electron chi connectivity index (χ1n) is 8.72. The second kappa shape index (κ2) is 7.92. The Morgan fingerprint density at radius 1 is 1.08 bits per heavy atom. The van der Waals surface area contributed by atoms with Crippen molar-refractivity contribution in [2.75, 3.05) is 0 Å². The molecule has 0 aromatic heterocycles. The normalized spacial score (nSPS) is 15.7. The van der Waals surface area contributed by atoms with Crippen molar-refractivity contribution in [1.82, 2.24) is 5.32 Å². The summed E-state index contributed by atoms with van der Waals surface area (Å²) in [5.41, 5.74) is 1.54. The predicted molar refractivity (Wildman–Crippen MR) is 96.1 cm³/mol. The highest BCUT2D eigenvalue weighted by Gasteiger charge is 2.28. The first-order chi connectivity index (χ1) is 12.1. The van der Waals surface area contributed by atoms with Crippen molar-refractivity contribution in [3.8, 4) is 0 Å². The maximum absolute atomic E-state index is 12.6. The molecule has 1 fully saturated rings. The minimum absolute atomic E-state index is 0.00484. The first kappa shape index (κ1) is 17.1. The zero-order chi connectivity index (χ0) is 17.6. The Bertz CT molecular complexity index is 740. The van der Waals surface area contributed by atoms with E-state index < -0.39 is 4.92 Å². The van der Waals surface area contributed by atoms with Crippen LogP contribution < -0.4 is 5.32 Å². The van der Waals surface area contributed by atoms with Gasteiger partial charge in [0.2, 0.25) is 5.91 Å². The molecule has 0 heterocycles. The lowest BCUT2D eigenvalue weighted by atomic mass is 9.91. The van der Waals surface area contributed by atoms with Crippen LogP contribution in [0.5, 0.6) is 0 Å². The fourth-order valence-corrected chi connectivity index (χ4v) is 3.66. The van der Waals surface area contributed by atoms with Gasteiger partial charge in [0, 0.05) is 11.6 Å². The lowest BCUT2D eigenvalue weighted by Crippen LogP contribution is -2.33. The van der Waals surface area contributed by atoms with Gasteiger partial charge in [-0.3, -0.25) is 14.9 Å². The minimum Gasteiger partial charge on any atom is -0.349 e. The van der Waals surface area contributed by atoms with Crippen LogP contribution in [-0.2, 0) is 11.2 Å². The topological polar surface area (TPSA) is 72.2 Å². The third-order valence-corrected chi connectivity index (χ3v) is 4.89. The fourth-order valence-electron chi connectivity index (χ4n) is 3.66. The van der Waals surface area contributed by atoms with Crippen molar-refractivity contribution >= 4 is 11.6 Å². The number of hydrogen-bond acceptors (Lipinski definition) is 3. The maximum Gasteiger partial charge on any atom is 0.273 e. The molecule has 1 atom stereocenters. The van der Waals surface area contributed by atoms with Crippen LogP contribution in [0.25, 0.3) is 0 Å². The number of para-hydroxylation sites is 1. The van der Waals surface area contributed by atoms with Crippen LogP contribution in [0.3, 0.4) is 0 Å². The maximum atomic E-state index is 12.6. The van der Waals surface area contributed by atoms with Crippen LogP contribution in [0.4, 0.5) is 5.69 Å². The molecule has 2 aromatic rings. The SMILES string of the molecule is O=C(Cc1ccccc1[N+](=O)[O-])NC(c1ccccc1)C1CCCC1. The van der Waals surface area contributed by atoms with E-state index in [9.17, 15) is 14.9 Å². The molecule has 3 rings (SSSR count). The molecular weight excluding hydrogens is 316 g/mol. The molecule has 130 valence electrons. The molecule has 0 spiro atoms. The molecule has 0 bridgehead atoms.